The van der Waals surface area contributed by atoms with Crippen molar-refractivity contribution in [3.05, 3.63) is 34.8 Å². The molecule has 0 saturated heterocycles. The number of benzene rings is 1. The van der Waals surface area contributed by atoms with Crippen molar-refractivity contribution in [2.45, 2.75) is 44.6 Å². The van der Waals surface area contributed by atoms with Crippen LogP contribution in [0.1, 0.15) is 38.5 Å². The van der Waals surface area contributed by atoms with E-state index in [4.69, 9.17) is 4.74 Å². The molecule has 4 heteroatoms. The molecule has 1 saturated carbocycles. The number of carbonyl (C=O) groups is 1. The number of nitriles is 1. The molecule has 0 spiro atoms. The average Bonchev–Trinajstić information content (AvgIpc) is 2.76. The van der Waals surface area contributed by atoms with Crippen LogP contribution in [0.2, 0.25) is 0 Å². The summed E-state index contributed by atoms with van der Waals surface area (Å²) < 4.78 is 6.13. The zero-order chi connectivity index (χ0) is 14.7. The van der Waals surface area contributed by atoms with Crippen LogP contribution in [-0.2, 0) is 9.53 Å². The summed E-state index contributed by atoms with van der Waals surface area (Å²) in [7, 11) is 0. The van der Waals surface area contributed by atoms with E-state index in [0.29, 0.717) is 11.1 Å². The smallest absolute Gasteiger partial charge is 0.271 e. The average molecular weight is 282 g/mol. The number of hydrogen-bond donors (Lipinski definition) is 0. The first kappa shape index (κ1) is 13.8. The van der Waals surface area contributed by atoms with Crippen LogP contribution < -0.4 is 10.6 Å². The van der Waals surface area contributed by atoms with Crippen LogP contribution in [0.4, 0.5) is 0 Å². The molecule has 1 aromatic carbocycles. The molecule has 1 unspecified atom stereocenters. The summed E-state index contributed by atoms with van der Waals surface area (Å²) in [6.07, 6.45) is 6.87. The third-order valence-corrected chi connectivity index (χ3v) is 4.13. The van der Waals surface area contributed by atoms with Crippen molar-refractivity contribution < 1.29 is 9.53 Å². The minimum absolute atomic E-state index is 0.109. The van der Waals surface area contributed by atoms with E-state index in [0.717, 1.165) is 30.9 Å². The second-order valence-electron chi connectivity index (χ2n) is 5.62. The predicted molar refractivity (Wildman–Crippen MR) is 77.3 cm³/mol. The van der Waals surface area contributed by atoms with Crippen LogP contribution in [0, 0.1) is 17.2 Å². The van der Waals surface area contributed by atoms with Gasteiger partial charge in [0.05, 0.1) is 17.5 Å². The van der Waals surface area contributed by atoms with Crippen LogP contribution in [0.25, 0.3) is 5.76 Å². The molecule has 21 heavy (non-hydrogen) atoms. The molecular weight excluding hydrogens is 264 g/mol. The van der Waals surface area contributed by atoms with Gasteiger partial charge < -0.3 is 4.74 Å². The first-order chi connectivity index (χ1) is 10.3. The summed E-state index contributed by atoms with van der Waals surface area (Å²) >= 11 is 0. The Bertz CT molecular complexity index is 694. The number of para-hydroxylation sites is 1. The quantitative estimate of drug-likeness (QED) is 0.777. The highest BCUT2D eigenvalue weighted by molar-refractivity contribution is 5.91. The Morgan fingerprint density at radius 2 is 1.86 bits per heavy atom. The molecule has 1 atom stereocenters. The monoisotopic (exact) mass is 282 g/mol. The first-order valence-corrected chi connectivity index (χ1v) is 7.57. The lowest BCUT2D eigenvalue weighted by molar-refractivity contribution is -0.119. The molecule has 0 radical (unpaired) electrons. The highest BCUT2D eigenvalue weighted by Crippen LogP contribution is 2.25. The molecule has 1 amide bonds. The first-order valence-electron chi connectivity index (χ1n) is 7.57. The molecule has 0 bridgehead atoms. The number of ether oxygens (including phenoxy) is 1. The van der Waals surface area contributed by atoms with Crippen LogP contribution in [0.15, 0.2) is 29.3 Å². The Morgan fingerprint density at radius 1 is 1.14 bits per heavy atom. The maximum atomic E-state index is 12.0. The topological polar surface area (TPSA) is 62.5 Å². The zero-order valence-corrected chi connectivity index (χ0v) is 11.9. The minimum Gasteiger partial charge on any atom is -0.492 e. The van der Waals surface area contributed by atoms with Gasteiger partial charge in [0.15, 0.2) is 5.92 Å². The number of rotatable bonds is 2. The summed E-state index contributed by atoms with van der Waals surface area (Å²) in [5.41, 5.74) is 0. The Labute approximate surface area is 123 Å². The maximum absolute atomic E-state index is 12.0. The van der Waals surface area contributed by atoms with Gasteiger partial charge in [0, 0.05) is 5.22 Å². The van der Waals surface area contributed by atoms with Crippen LogP contribution in [0.5, 0.6) is 0 Å². The van der Waals surface area contributed by atoms with E-state index in [1.54, 1.807) is 6.07 Å². The summed E-state index contributed by atoms with van der Waals surface area (Å²) in [5.74, 6) is -0.817. The van der Waals surface area contributed by atoms with Crippen molar-refractivity contribution in [2.75, 3.05) is 0 Å². The third-order valence-electron chi connectivity index (χ3n) is 4.13. The van der Waals surface area contributed by atoms with Crippen molar-refractivity contribution >= 4 is 11.7 Å². The molecule has 3 rings (SSSR count). The summed E-state index contributed by atoms with van der Waals surface area (Å²) in [4.78, 5) is 16.0. The van der Waals surface area contributed by atoms with Gasteiger partial charge in [0.2, 0.25) is 0 Å². The predicted octanol–water partition coefficient (Wildman–Crippen LogP) is 1.83. The fraction of sp³-hybridized carbons (Fsp3) is 0.471. The van der Waals surface area contributed by atoms with Crippen molar-refractivity contribution in [2.24, 2.45) is 10.9 Å². The second-order valence-corrected chi connectivity index (χ2v) is 5.62. The van der Waals surface area contributed by atoms with Crippen molar-refractivity contribution in [1.82, 2.24) is 0 Å². The van der Waals surface area contributed by atoms with Gasteiger partial charge in [-0.2, -0.15) is 5.26 Å². The van der Waals surface area contributed by atoms with E-state index < -0.39 is 11.8 Å². The number of carbonyl (C=O) groups excluding carboxylic acids is 1. The van der Waals surface area contributed by atoms with Crippen molar-refractivity contribution in [3.8, 4) is 6.07 Å². The Kier molecular flexibility index (Phi) is 4.01. The highest BCUT2D eigenvalue weighted by Gasteiger charge is 2.30. The third kappa shape index (κ3) is 2.82. The van der Waals surface area contributed by atoms with Crippen LogP contribution in [-0.4, -0.2) is 12.0 Å². The van der Waals surface area contributed by atoms with E-state index in [2.05, 4.69) is 4.99 Å². The number of fused-ring (bicyclic) bond motifs is 1. The van der Waals surface area contributed by atoms with Crippen LogP contribution >= 0.6 is 0 Å². The standard InChI is InChI=1S/C17H18N2O2/c18-11-14-16(21-12-7-3-1-2-4-8-12)13-9-5-6-10-15(13)19-17(14)20/h5-6,9-10,12,14H,1-4,7-8H2. The lowest BCUT2D eigenvalue weighted by Crippen LogP contribution is -2.38. The Balaban J connectivity index is 2.02. The molecule has 1 aromatic rings. The second kappa shape index (κ2) is 6.09. The molecular formula is C17H18N2O2. The summed E-state index contributed by atoms with van der Waals surface area (Å²) in [6, 6.07) is 9.43. The van der Waals surface area contributed by atoms with E-state index >= 15 is 0 Å². The van der Waals surface area contributed by atoms with Gasteiger partial charge >= 0.3 is 0 Å². The van der Waals surface area contributed by atoms with Gasteiger partial charge in [-0.25, -0.2) is 4.99 Å². The lowest BCUT2D eigenvalue weighted by atomic mass is 10.0. The normalized spacial score (nSPS) is 22.7. The largest absolute Gasteiger partial charge is 0.492 e. The molecule has 1 heterocycles. The number of nitrogens with zero attached hydrogens (tertiary/aromatic N) is 2. The van der Waals surface area contributed by atoms with E-state index in [-0.39, 0.29) is 6.10 Å². The molecule has 0 N–H and O–H groups in total. The maximum Gasteiger partial charge on any atom is 0.271 e. The fourth-order valence-electron chi connectivity index (χ4n) is 3.02. The van der Waals surface area contributed by atoms with Crippen LogP contribution in [0.3, 0.4) is 0 Å². The number of hydrogen-bond acceptors (Lipinski definition) is 3. The summed E-state index contributed by atoms with van der Waals surface area (Å²) in [6.45, 7) is 0. The lowest BCUT2D eigenvalue weighted by Gasteiger charge is -2.22. The Hall–Kier alpha value is -2.15. The van der Waals surface area contributed by atoms with E-state index in [9.17, 15) is 10.1 Å². The van der Waals surface area contributed by atoms with Gasteiger partial charge in [-0.15, -0.1) is 0 Å². The molecule has 1 aliphatic carbocycles. The molecule has 108 valence electrons. The van der Waals surface area contributed by atoms with Gasteiger partial charge in [-0.3, -0.25) is 4.79 Å². The highest BCUT2D eigenvalue weighted by atomic mass is 16.5. The molecule has 2 aliphatic rings. The number of amides is 1. The van der Waals surface area contributed by atoms with Crippen molar-refractivity contribution in [1.29, 1.82) is 5.26 Å². The molecule has 0 aromatic heterocycles. The fourth-order valence-corrected chi connectivity index (χ4v) is 3.02. The Morgan fingerprint density at radius 3 is 2.57 bits per heavy atom. The van der Waals surface area contributed by atoms with Gasteiger partial charge in [0.25, 0.3) is 5.91 Å². The molecule has 1 fully saturated rings. The van der Waals surface area contributed by atoms with Gasteiger partial charge in [-0.05, 0) is 37.8 Å². The van der Waals surface area contributed by atoms with Crippen molar-refractivity contribution in [3.63, 3.8) is 0 Å². The minimum atomic E-state index is -0.900. The summed E-state index contributed by atoms with van der Waals surface area (Å²) in [5, 5.41) is 10.7. The zero-order valence-electron chi connectivity index (χ0n) is 11.9. The SMILES string of the molecule is N#CC1C(=O)N=c2ccccc2=C1OC1CCCCCC1. The molecule has 1 aliphatic heterocycles. The van der Waals surface area contributed by atoms with Gasteiger partial charge in [-0.1, -0.05) is 25.0 Å². The molecule has 4 nitrogen and oxygen atoms in total. The van der Waals surface area contributed by atoms with Gasteiger partial charge in [0.1, 0.15) is 5.76 Å². The van der Waals surface area contributed by atoms with E-state index in [1.807, 2.05) is 24.3 Å². The van der Waals surface area contributed by atoms with E-state index in [1.165, 1.54) is 12.8 Å².